The Labute approximate surface area is 277 Å². The Balaban J connectivity index is 1.55. The normalized spacial score (nSPS) is 26.6. The van der Waals surface area contributed by atoms with Crippen molar-refractivity contribution in [1.29, 1.82) is 0 Å². The van der Waals surface area contributed by atoms with Crippen LogP contribution >= 0.6 is 16.9 Å². The SMILES string of the molecule is CC(C)(C)CC(C)(C)c1ccc2c(c1)C(C)(c1cc(C(C)(C)CC(C)(C)C)ccc1OP1OCC3(CO1)CO[P+](=O)OC3)C(=O)O2. The first kappa shape index (κ1) is 35.4. The number of carbonyl (C=O) groups excluding carboxylic acids is 1. The smallest absolute Gasteiger partial charge is 0.426 e. The highest BCUT2D eigenvalue weighted by atomic mass is 31.2. The molecule has 2 saturated heterocycles. The van der Waals surface area contributed by atoms with Crippen LogP contribution in [0.2, 0.25) is 0 Å². The van der Waals surface area contributed by atoms with E-state index in [2.05, 4.69) is 93.5 Å². The summed E-state index contributed by atoms with van der Waals surface area (Å²) in [6, 6.07) is 12.3. The van der Waals surface area contributed by atoms with Crippen molar-refractivity contribution in [2.45, 2.75) is 105 Å². The molecule has 0 saturated carbocycles. The molecule has 2 aromatic rings. The number of rotatable bonds is 7. The van der Waals surface area contributed by atoms with Crippen LogP contribution in [0.4, 0.5) is 0 Å². The average Bonchev–Trinajstić information content (AvgIpc) is 3.19. The van der Waals surface area contributed by atoms with Gasteiger partial charge in [0.05, 0.1) is 18.6 Å². The molecule has 10 heteroatoms. The first-order chi connectivity index (χ1) is 21.1. The molecule has 8 nitrogen and oxygen atoms in total. The minimum absolute atomic E-state index is 0.0952. The highest BCUT2D eigenvalue weighted by Gasteiger charge is 2.51. The first-order valence-electron chi connectivity index (χ1n) is 16.1. The van der Waals surface area contributed by atoms with Gasteiger partial charge in [-0.3, -0.25) is 4.79 Å². The Bertz CT molecular complexity index is 1480. The monoisotopic (exact) mass is 673 g/mol. The van der Waals surface area contributed by atoms with Crippen LogP contribution in [0.5, 0.6) is 11.5 Å². The van der Waals surface area contributed by atoms with Crippen LogP contribution in [0.15, 0.2) is 36.4 Å². The predicted octanol–water partition coefficient (Wildman–Crippen LogP) is 9.68. The van der Waals surface area contributed by atoms with E-state index < -0.39 is 27.7 Å². The summed E-state index contributed by atoms with van der Waals surface area (Å²) in [5.41, 5.74) is 2.07. The molecule has 3 heterocycles. The fourth-order valence-electron chi connectivity index (χ4n) is 7.49. The highest BCUT2D eigenvalue weighted by Crippen LogP contribution is 2.55. The first-order valence-corrected chi connectivity index (χ1v) is 18.3. The molecule has 0 bridgehead atoms. The fourth-order valence-corrected chi connectivity index (χ4v) is 9.58. The lowest BCUT2D eigenvalue weighted by Crippen LogP contribution is -2.44. The van der Waals surface area contributed by atoms with E-state index in [9.17, 15) is 9.36 Å². The van der Waals surface area contributed by atoms with Gasteiger partial charge in [-0.1, -0.05) is 93.5 Å². The number of hydrogen-bond donors (Lipinski definition) is 0. The summed E-state index contributed by atoms with van der Waals surface area (Å²) in [5.74, 6) is 0.747. The van der Waals surface area contributed by atoms with E-state index in [0.717, 1.165) is 35.1 Å². The number of hydrogen-bond acceptors (Lipinski definition) is 8. The third-order valence-electron chi connectivity index (χ3n) is 9.23. The molecule has 5 rings (SSSR count). The highest BCUT2D eigenvalue weighted by molar-refractivity contribution is 7.42. The van der Waals surface area contributed by atoms with E-state index in [-0.39, 0.29) is 54.1 Å². The number of ether oxygens (including phenoxy) is 1. The number of benzene rings is 2. The Hall–Kier alpha value is -1.92. The van der Waals surface area contributed by atoms with E-state index in [1.807, 2.05) is 19.1 Å². The minimum atomic E-state index is -2.10. The lowest BCUT2D eigenvalue weighted by atomic mass is 9.68. The molecule has 2 aromatic carbocycles. The fraction of sp³-hybridized carbons (Fsp3) is 0.639. The average molecular weight is 674 g/mol. The van der Waals surface area contributed by atoms with Gasteiger partial charge in [-0.2, -0.15) is 0 Å². The summed E-state index contributed by atoms with van der Waals surface area (Å²) in [6.07, 6.45) is 1.92. The summed E-state index contributed by atoms with van der Waals surface area (Å²) in [6.45, 7) is 25.4. The largest absolute Gasteiger partial charge is 0.697 e. The lowest BCUT2D eigenvalue weighted by Gasteiger charge is -2.37. The van der Waals surface area contributed by atoms with Crippen molar-refractivity contribution in [2.75, 3.05) is 26.4 Å². The number of fused-ring (bicyclic) bond motifs is 1. The number of carbonyl (C=O) groups is 1. The third-order valence-corrected chi connectivity index (χ3v) is 10.9. The van der Waals surface area contributed by atoms with Gasteiger partial charge in [0.1, 0.15) is 30.1 Å². The maximum atomic E-state index is 14.0. The maximum Gasteiger partial charge on any atom is 0.697 e. The van der Waals surface area contributed by atoms with Gasteiger partial charge < -0.3 is 18.3 Å². The second kappa shape index (κ2) is 12.2. The Kier molecular flexibility index (Phi) is 9.38. The quantitative estimate of drug-likeness (QED) is 0.163. The van der Waals surface area contributed by atoms with E-state index in [1.165, 1.54) is 0 Å². The molecular weight excluding hydrogens is 622 g/mol. The van der Waals surface area contributed by atoms with Gasteiger partial charge in [0.15, 0.2) is 0 Å². The van der Waals surface area contributed by atoms with Gasteiger partial charge in [-0.15, -0.1) is 9.05 Å². The summed E-state index contributed by atoms with van der Waals surface area (Å²) in [7, 11) is -3.89. The molecule has 3 aliphatic rings. The van der Waals surface area contributed by atoms with Crippen molar-refractivity contribution < 1.29 is 36.7 Å². The van der Waals surface area contributed by atoms with Crippen LogP contribution in [0, 0.1) is 16.2 Å². The van der Waals surface area contributed by atoms with Crippen LogP contribution in [0.1, 0.15) is 111 Å². The Morgan fingerprint density at radius 2 is 1.26 bits per heavy atom. The standard InChI is InChI=1S/C36H51O8P2/c1-31(2,3)18-33(7,8)24-12-14-28-26(16-24)35(11,30(37)43-28)27-17-25(34(9,10)19-32(4,5)6)13-15-29(27)44-46-41-22-36(23-42-46)20-39-45(38)40-21-36/h12-17H,18-23H2,1-11H3/q+1. The van der Waals surface area contributed by atoms with Gasteiger partial charge in [-0.25, -0.2) is 0 Å². The zero-order chi connectivity index (χ0) is 33.9. The molecule has 0 radical (unpaired) electrons. The van der Waals surface area contributed by atoms with Crippen LogP contribution in [-0.4, -0.2) is 32.4 Å². The molecule has 2 fully saturated rings. The topological polar surface area (TPSA) is 89.5 Å². The van der Waals surface area contributed by atoms with Gasteiger partial charge in [0.2, 0.25) is 0 Å². The van der Waals surface area contributed by atoms with Crippen LogP contribution in [0.3, 0.4) is 0 Å². The minimum Gasteiger partial charge on any atom is -0.426 e. The zero-order valence-electron chi connectivity index (χ0n) is 29.4. The van der Waals surface area contributed by atoms with Crippen molar-refractivity contribution in [3.63, 3.8) is 0 Å². The lowest BCUT2D eigenvalue weighted by molar-refractivity contribution is -0.136. The van der Waals surface area contributed by atoms with Crippen LogP contribution in [-0.2, 0) is 43.7 Å². The second-order valence-electron chi connectivity index (χ2n) is 17.3. The molecule has 1 spiro atoms. The van der Waals surface area contributed by atoms with Crippen molar-refractivity contribution in [3.05, 3.63) is 58.7 Å². The van der Waals surface area contributed by atoms with E-state index in [0.29, 0.717) is 11.5 Å². The van der Waals surface area contributed by atoms with Gasteiger partial charge in [0.25, 0.3) is 0 Å². The Morgan fingerprint density at radius 3 is 1.78 bits per heavy atom. The molecule has 0 N–H and O–H groups in total. The summed E-state index contributed by atoms with van der Waals surface area (Å²) in [5, 5.41) is 0. The summed E-state index contributed by atoms with van der Waals surface area (Å²) in [4.78, 5) is 14.0. The molecule has 0 aliphatic carbocycles. The van der Waals surface area contributed by atoms with Crippen LogP contribution < -0.4 is 9.26 Å². The van der Waals surface area contributed by atoms with E-state index >= 15 is 0 Å². The molecule has 1 unspecified atom stereocenters. The van der Waals surface area contributed by atoms with Gasteiger partial charge >= 0.3 is 22.8 Å². The zero-order valence-corrected chi connectivity index (χ0v) is 31.2. The molecule has 1 atom stereocenters. The summed E-state index contributed by atoms with van der Waals surface area (Å²) < 4.78 is 46.7. The second-order valence-corrected chi connectivity index (χ2v) is 19.4. The number of esters is 1. The van der Waals surface area contributed by atoms with E-state index in [4.69, 9.17) is 27.4 Å². The molecule has 46 heavy (non-hydrogen) atoms. The van der Waals surface area contributed by atoms with Crippen molar-refractivity contribution in [1.82, 2.24) is 0 Å². The van der Waals surface area contributed by atoms with Crippen molar-refractivity contribution in [3.8, 4) is 11.5 Å². The van der Waals surface area contributed by atoms with Crippen LogP contribution in [0.25, 0.3) is 0 Å². The Morgan fingerprint density at radius 1 is 0.761 bits per heavy atom. The third kappa shape index (κ3) is 7.38. The van der Waals surface area contributed by atoms with Gasteiger partial charge in [0, 0.05) is 15.7 Å². The molecule has 252 valence electrons. The van der Waals surface area contributed by atoms with Gasteiger partial charge in [-0.05, 0) is 64.7 Å². The summed E-state index contributed by atoms with van der Waals surface area (Å²) >= 11 is 0. The molecule has 0 aromatic heterocycles. The predicted molar refractivity (Wildman–Crippen MR) is 181 cm³/mol. The van der Waals surface area contributed by atoms with E-state index in [1.54, 1.807) is 0 Å². The molecular formula is C36H51O8P2+. The molecule has 0 amide bonds. The maximum absolute atomic E-state index is 14.0. The van der Waals surface area contributed by atoms with Crippen molar-refractivity contribution in [2.24, 2.45) is 16.2 Å². The molecule has 3 aliphatic heterocycles. The van der Waals surface area contributed by atoms with Crippen molar-refractivity contribution >= 4 is 22.8 Å².